The molecule has 0 aliphatic carbocycles. The molecule has 1 amide bonds. The minimum atomic E-state index is -1.04. The molecule has 0 radical (unpaired) electrons. The number of rotatable bonds is 4. The number of carbonyl (C=O) groups excluding carboxylic acids is 2. The molecule has 1 unspecified atom stereocenters. The Balaban J connectivity index is 2.91. The van der Waals surface area contributed by atoms with Crippen LogP contribution in [0.25, 0.3) is 0 Å². The quantitative estimate of drug-likeness (QED) is 0.767. The summed E-state index contributed by atoms with van der Waals surface area (Å²) in [5, 5.41) is 11.5. The summed E-state index contributed by atoms with van der Waals surface area (Å²) in [5.41, 5.74) is 2.14. The molecule has 0 aliphatic rings. The van der Waals surface area contributed by atoms with Gasteiger partial charge in [0.25, 0.3) is 5.91 Å². The van der Waals surface area contributed by atoms with Crippen LogP contribution < -0.4 is 5.32 Å². The number of benzene rings is 1. The van der Waals surface area contributed by atoms with Crippen molar-refractivity contribution in [3.05, 3.63) is 34.9 Å². The first-order valence-electron chi connectivity index (χ1n) is 5.57. The fraction of sp³-hybridized carbons (Fsp3) is 0.385. The lowest BCUT2D eigenvalue weighted by molar-refractivity contribution is -0.143. The van der Waals surface area contributed by atoms with Crippen LogP contribution in [0.3, 0.4) is 0 Å². The zero-order chi connectivity index (χ0) is 13.7. The lowest BCUT2D eigenvalue weighted by Gasteiger charge is -2.16. The van der Waals surface area contributed by atoms with Crippen LogP contribution in [-0.4, -0.2) is 36.7 Å². The molecular weight excluding hydrogens is 234 g/mol. The molecule has 0 saturated heterocycles. The van der Waals surface area contributed by atoms with Crippen LogP contribution in [-0.2, 0) is 9.53 Å². The van der Waals surface area contributed by atoms with Crippen LogP contribution in [0.4, 0.5) is 0 Å². The van der Waals surface area contributed by atoms with E-state index in [0.717, 1.165) is 11.1 Å². The molecule has 0 fully saturated rings. The Morgan fingerprint density at radius 3 is 2.33 bits per heavy atom. The lowest BCUT2D eigenvalue weighted by Crippen LogP contribution is -2.44. The molecule has 1 aromatic rings. The Kier molecular flexibility index (Phi) is 4.85. The van der Waals surface area contributed by atoms with Crippen LogP contribution in [0.1, 0.15) is 21.5 Å². The Morgan fingerprint density at radius 2 is 1.89 bits per heavy atom. The number of esters is 1. The fourth-order valence-electron chi connectivity index (χ4n) is 1.72. The predicted molar refractivity (Wildman–Crippen MR) is 66.3 cm³/mol. The highest BCUT2D eigenvalue weighted by molar-refractivity contribution is 5.99. The third kappa shape index (κ3) is 3.07. The third-order valence-electron chi connectivity index (χ3n) is 2.68. The number of hydrogen-bond donors (Lipinski definition) is 2. The topological polar surface area (TPSA) is 75.6 Å². The van der Waals surface area contributed by atoms with Crippen LogP contribution in [0.5, 0.6) is 0 Å². The maximum absolute atomic E-state index is 12.0. The van der Waals surface area contributed by atoms with Gasteiger partial charge in [0.05, 0.1) is 13.7 Å². The standard InChI is InChI=1S/C13H17NO4/c1-8-5-4-6-9(2)11(8)12(16)14-10(7-15)13(17)18-3/h4-6,10,15H,7H2,1-3H3,(H,14,16). The first kappa shape index (κ1) is 14.2. The Bertz CT molecular complexity index is 436. The molecule has 1 atom stereocenters. The van der Waals surface area contributed by atoms with Gasteiger partial charge in [0, 0.05) is 5.56 Å². The second-order valence-corrected chi connectivity index (χ2v) is 4.00. The van der Waals surface area contributed by atoms with Gasteiger partial charge in [0.15, 0.2) is 6.04 Å². The van der Waals surface area contributed by atoms with E-state index in [-0.39, 0.29) is 0 Å². The van der Waals surface area contributed by atoms with Gasteiger partial charge >= 0.3 is 5.97 Å². The number of carbonyl (C=O) groups is 2. The van der Waals surface area contributed by atoms with Crippen LogP contribution in [0.15, 0.2) is 18.2 Å². The third-order valence-corrected chi connectivity index (χ3v) is 2.68. The van der Waals surface area contributed by atoms with E-state index >= 15 is 0 Å². The molecule has 2 N–H and O–H groups in total. The van der Waals surface area contributed by atoms with E-state index in [1.807, 2.05) is 32.0 Å². The molecule has 1 aromatic carbocycles. The van der Waals surface area contributed by atoms with E-state index in [9.17, 15) is 9.59 Å². The van der Waals surface area contributed by atoms with Crippen LogP contribution in [0, 0.1) is 13.8 Å². The fourth-order valence-corrected chi connectivity index (χ4v) is 1.72. The van der Waals surface area contributed by atoms with Crippen molar-refractivity contribution in [2.45, 2.75) is 19.9 Å². The molecule has 5 heteroatoms. The van der Waals surface area contributed by atoms with E-state index in [2.05, 4.69) is 10.1 Å². The van der Waals surface area contributed by atoms with Gasteiger partial charge in [-0.15, -0.1) is 0 Å². The van der Waals surface area contributed by atoms with E-state index < -0.39 is 24.5 Å². The van der Waals surface area contributed by atoms with Crippen molar-refractivity contribution in [2.75, 3.05) is 13.7 Å². The number of aliphatic hydroxyl groups is 1. The van der Waals surface area contributed by atoms with Crippen molar-refractivity contribution < 1.29 is 19.4 Å². The molecule has 0 aromatic heterocycles. The van der Waals surface area contributed by atoms with E-state index in [1.54, 1.807) is 0 Å². The SMILES string of the molecule is COC(=O)C(CO)NC(=O)c1c(C)cccc1C. The maximum Gasteiger partial charge on any atom is 0.330 e. The molecule has 0 spiro atoms. The van der Waals surface area contributed by atoms with Gasteiger partial charge < -0.3 is 15.2 Å². The normalized spacial score (nSPS) is 11.8. The molecule has 0 saturated carbocycles. The van der Waals surface area contributed by atoms with Crippen LogP contribution in [0.2, 0.25) is 0 Å². The van der Waals surface area contributed by atoms with Crippen molar-refractivity contribution in [3.63, 3.8) is 0 Å². The molecule has 1 rings (SSSR count). The van der Waals surface area contributed by atoms with Gasteiger partial charge in [-0.3, -0.25) is 4.79 Å². The Labute approximate surface area is 106 Å². The van der Waals surface area contributed by atoms with Gasteiger partial charge in [-0.05, 0) is 25.0 Å². The van der Waals surface area contributed by atoms with Crippen molar-refractivity contribution >= 4 is 11.9 Å². The summed E-state index contributed by atoms with van der Waals surface area (Å²) in [6, 6.07) is 4.44. The van der Waals surface area contributed by atoms with Gasteiger partial charge in [-0.1, -0.05) is 18.2 Å². The van der Waals surface area contributed by atoms with Crippen molar-refractivity contribution in [1.29, 1.82) is 0 Å². The summed E-state index contributed by atoms with van der Waals surface area (Å²) in [7, 11) is 1.20. The zero-order valence-corrected chi connectivity index (χ0v) is 10.7. The zero-order valence-electron chi connectivity index (χ0n) is 10.7. The second kappa shape index (κ2) is 6.16. The number of methoxy groups -OCH3 is 1. The monoisotopic (exact) mass is 251 g/mol. The van der Waals surface area contributed by atoms with Gasteiger partial charge in [-0.2, -0.15) is 0 Å². The smallest absolute Gasteiger partial charge is 0.330 e. The number of ether oxygens (including phenoxy) is 1. The Morgan fingerprint density at radius 1 is 1.33 bits per heavy atom. The first-order chi connectivity index (χ1) is 8.51. The molecule has 0 heterocycles. The molecular formula is C13H17NO4. The maximum atomic E-state index is 12.0. The molecule has 18 heavy (non-hydrogen) atoms. The number of amides is 1. The molecule has 0 bridgehead atoms. The summed E-state index contributed by atoms with van der Waals surface area (Å²) in [6.45, 7) is 3.13. The number of nitrogens with one attached hydrogen (secondary N) is 1. The van der Waals surface area contributed by atoms with Gasteiger partial charge in [0.1, 0.15) is 0 Å². The lowest BCUT2D eigenvalue weighted by atomic mass is 10.0. The van der Waals surface area contributed by atoms with E-state index in [1.165, 1.54) is 7.11 Å². The Hall–Kier alpha value is -1.88. The summed E-state index contributed by atoms with van der Waals surface area (Å²) in [5.74, 6) is -1.06. The summed E-state index contributed by atoms with van der Waals surface area (Å²) < 4.78 is 4.49. The average Bonchev–Trinajstić information content (AvgIpc) is 2.34. The predicted octanol–water partition coefficient (Wildman–Crippen LogP) is 0.567. The minimum Gasteiger partial charge on any atom is -0.467 e. The van der Waals surface area contributed by atoms with E-state index in [4.69, 9.17) is 5.11 Å². The number of aliphatic hydroxyl groups excluding tert-OH is 1. The highest BCUT2D eigenvalue weighted by Gasteiger charge is 2.22. The first-order valence-corrected chi connectivity index (χ1v) is 5.57. The van der Waals surface area contributed by atoms with E-state index in [0.29, 0.717) is 5.56 Å². The molecule has 0 aliphatic heterocycles. The summed E-state index contributed by atoms with van der Waals surface area (Å²) >= 11 is 0. The minimum absolute atomic E-state index is 0.393. The summed E-state index contributed by atoms with van der Waals surface area (Å²) in [4.78, 5) is 23.3. The average molecular weight is 251 g/mol. The van der Waals surface area contributed by atoms with Gasteiger partial charge in [0.2, 0.25) is 0 Å². The summed E-state index contributed by atoms with van der Waals surface area (Å²) in [6.07, 6.45) is 0. The number of hydrogen-bond acceptors (Lipinski definition) is 4. The highest BCUT2D eigenvalue weighted by atomic mass is 16.5. The van der Waals surface area contributed by atoms with Crippen LogP contribution >= 0.6 is 0 Å². The largest absolute Gasteiger partial charge is 0.467 e. The highest BCUT2D eigenvalue weighted by Crippen LogP contribution is 2.13. The van der Waals surface area contributed by atoms with Gasteiger partial charge in [-0.25, -0.2) is 4.79 Å². The van der Waals surface area contributed by atoms with Crippen molar-refractivity contribution in [3.8, 4) is 0 Å². The number of aryl methyl sites for hydroxylation is 2. The molecule has 5 nitrogen and oxygen atoms in total. The van der Waals surface area contributed by atoms with Crippen molar-refractivity contribution in [1.82, 2.24) is 5.32 Å². The second-order valence-electron chi connectivity index (χ2n) is 4.00. The van der Waals surface area contributed by atoms with Crippen molar-refractivity contribution in [2.24, 2.45) is 0 Å². The molecule has 98 valence electrons.